The van der Waals surface area contributed by atoms with Gasteiger partial charge in [-0.3, -0.25) is 4.79 Å². The molecule has 1 aromatic carbocycles. The zero-order chi connectivity index (χ0) is 17.4. The number of ether oxygens (including phenoxy) is 1. The Morgan fingerprint density at radius 1 is 1.40 bits per heavy atom. The molecule has 128 valence electrons. The van der Waals surface area contributed by atoms with Crippen LogP contribution in [0.3, 0.4) is 0 Å². The van der Waals surface area contributed by atoms with Gasteiger partial charge in [0.05, 0.1) is 24.6 Å². The molecule has 2 aromatic heterocycles. The van der Waals surface area contributed by atoms with Gasteiger partial charge in [-0.15, -0.1) is 0 Å². The number of fused-ring (bicyclic) bond motifs is 1. The van der Waals surface area contributed by atoms with Crippen LogP contribution in [0.4, 0.5) is 17.3 Å². The van der Waals surface area contributed by atoms with Gasteiger partial charge in [-0.25, -0.2) is 4.98 Å². The molecule has 1 fully saturated rings. The van der Waals surface area contributed by atoms with E-state index in [9.17, 15) is 4.79 Å². The van der Waals surface area contributed by atoms with Crippen molar-refractivity contribution in [1.82, 2.24) is 14.6 Å². The van der Waals surface area contributed by atoms with Crippen LogP contribution in [0.15, 0.2) is 30.5 Å². The first-order chi connectivity index (χ1) is 12.2. The number of carbonyl (C=O) groups is 1. The summed E-state index contributed by atoms with van der Waals surface area (Å²) in [7, 11) is 1.57. The summed E-state index contributed by atoms with van der Waals surface area (Å²) in [5, 5.41) is 11.3. The summed E-state index contributed by atoms with van der Waals surface area (Å²) >= 11 is 6.34. The van der Waals surface area contributed by atoms with Gasteiger partial charge in [-0.1, -0.05) is 17.7 Å². The maximum absolute atomic E-state index is 11.3. The Hall–Kier alpha value is -2.80. The Morgan fingerprint density at radius 3 is 2.96 bits per heavy atom. The van der Waals surface area contributed by atoms with Crippen molar-refractivity contribution in [3.05, 3.63) is 41.0 Å². The fraction of sp³-hybridized carbons (Fsp3) is 0.235. The third kappa shape index (κ3) is 2.98. The van der Waals surface area contributed by atoms with E-state index >= 15 is 0 Å². The highest BCUT2D eigenvalue weighted by Gasteiger charge is 2.23. The summed E-state index contributed by atoms with van der Waals surface area (Å²) in [6.07, 6.45) is 4.50. The Bertz CT molecular complexity index is 952. The molecule has 2 N–H and O–H groups in total. The van der Waals surface area contributed by atoms with E-state index in [-0.39, 0.29) is 0 Å². The van der Waals surface area contributed by atoms with Gasteiger partial charge in [-0.05, 0) is 25.0 Å². The van der Waals surface area contributed by atoms with E-state index in [0.717, 1.165) is 24.9 Å². The summed E-state index contributed by atoms with van der Waals surface area (Å²) in [6, 6.07) is 7.74. The maximum atomic E-state index is 11.3. The summed E-state index contributed by atoms with van der Waals surface area (Å²) in [4.78, 5) is 15.8. The number of benzene rings is 1. The molecule has 8 heteroatoms. The van der Waals surface area contributed by atoms with Crippen LogP contribution in [-0.2, 0) is 0 Å². The molecule has 1 saturated carbocycles. The number of hydrogen-bond donors (Lipinski definition) is 2. The number of nitrogens with zero attached hydrogens (tertiary/aromatic N) is 3. The van der Waals surface area contributed by atoms with E-state index in [2.05, 4.69) is 20.7 Å². The fourth-order valence-electron chi connectivity index (χ4n) is 2.57. The van der Waals surface area contributed by atoms with E-state index < -0.39 is 0 Å². The highest BCUT2D eigenvalue weighted by Crippen LogP contribution is 2.34. The summed E-state index contributed by atoms with van der Waals surface area (Å²) in [5.74, 6) is 1.92. The monoisotopic (exact) mass is 357 g/mol. The van der Waals surface area contributed by atoms with E-state index in [4.69, 9.17) is 16.3 Å². The maximum Gasteiger partial charge on any atom is 0.170 e. The van der Waals surface area contributed by atoms with Gasteiger partial charge in [0, 0.05) is 12.1 Å². The van der Waals surface area contributed by atoms with E-state index in [1.807, 2.05) is 18.2 Å². The number of aldehydes is 1. The van der Waals surface area contributed by atoms with Crippen LogP contribution < -0.4 is 15.4 Å². The molecule has 0 amide bonds. The molecule has 0 radical (unpaired) electrons. The average Bonchev–Trinajstić information content (AvgIpc) is 3.33. The molecule has 3 aromatic rings. The van der Waals surface area contributed by atoms with Gasteiger partial charge in [-0.2, -0.15) is 9.61 Å². The second kappa shape index (κ2) is 6.25. The summed E-state index contributed by atoms with van der Waals surface area (Å²) < 4.78 is 6.88. The number of hydrogen-bond acceptors (Lipinski definition) is 6. The molecule has 1 aliphatic rings. The zero-order valence-electron chi connectivity index (χ0n) is 13.5. The first kappa shape index (κ1) is 15.7. The molecule has 0 atom stereocenters. The second-order valence-electron chi connectivity index (χ2n) is 5.85. The van der Waals surface area contributed by atoms with Crippen molar-refractivity contribution in [1.29, 1.82) is 0 Å². The number of aromatic nitrogens is 3. The lowest BCUT2D eigenvalue weighted by atomic mass is 10.3. The minimum atomic E-state index is 0.430. The van der Waals surface area contributed by atoms with Crippen LogP contribution >= 0.6 is 11.6 Å². The van der Waals surface area contributed by atoms with Crippen LogP contribution in [0.2, 0.25) is 5.02 Å². The molecule has 0 saturated heterocycles. The molecular formula is C17H16ClN5O2. The lowest BCUT2D eigenvalue weighted by Gasteiger charge is -2.13. The molecule has 0 unspecified atom stereocenters. The SMILES string of the molecule is COc1cccc(Nc2cc(NC3CC3)n3ncc(C=O)c3n2)c1Cl. The third-order valence-electron chi connectivity index (χ3n) is 4.00. The van der Waals surface area contributed by atoms with Crippen molar-refractivity contribution in [2.45, 2.75) is 18.9 Å². The molecular weight excluding hydrogens is 342 g/mol. The highest BCUT2D eigenvalue weighted by molar-refractivity contribution is 6.34. The lowest BCUT2D eigenvalue weighted by molar-refractivity contribution is 0.112. The Kier molecular flexibility index (Phi) is 3.93. The highest BCUT2D eigenvalue weighted by atomic mass is 35.5. The first-order valence-electron chi connectivity index (χ1n) is 7.89. The van der Waals surface area contributed by atoms with E-state index in [1.165, 1.54) is 6.20 Å². The predicted molar refractivity (Wildman–Crippen MR) is 96.3 cm³/mol. The number of anilines is 3. The summed E-state index contributed by atoms with van der Waals surface area (Å²) in [5.41, 5.74) is 1.59. The number of halogens is 1. The molecule has 0 spiro atoms. The average molecular weight is 358 g/mol. The molecule has 0 bridgehead atoms. The largest absolute Gasteiger partial charge is 0.495 e. The molecule has 25 heavy (non-hydrogen) atoms. The summed E-state index contributed by atoms with van der Waals surface area (Å²) in [6.45, 7) is 0. The minimum absolute atomic E-state index is 0.430. The van der Waals surface area contributed by atoms with Crippen molar-refractivity contribution in [2.24, 2.45) is 0 Å². The van der Waals surface area contributed by atoms with Crippen molar-refractivity contribution < 1.29 is 9.53 Å². The van der Waals surface area contributed by atoms with E-state index in [1.54, 1.807) is 17.7 Å². The fourth-order valence-corrected chi connectivity index (χ4v) is 2.82. The molecule has 2 heterocycles. The van der Waals surface area contributed by atoms with Gasteiger partial charge in [0.25, 0.3) is 0 Å². The molecule has 4 rings (SSSR count). The van der Waals surface area contributed by atoms with Crippen LogP contribution in [0.5, 0.6) is 5.75 Å². The minimum Gasteiger partial charge on any atom is -0.495 e. The Balaban J connectivity index is 1.77. The van der Waals surface area contributed by atoms with Crippen molar-refractivity contribution in [3.8, 4) is 5.75 Å². The van der Waals surface area contributed by atoms with Gasteiger partial charge in [0.15, 0.2) is 11.9 Å². The molecule has 0 aliphatic heterocycles. The first-order valence-corrected chi connectivity index (χ1v) is 8.27. The number of methoxy groups -OCH3 is 1. The predicted octanol–water partition coefficient (Wildman–Crippen LogP) is 3.52. The van der Waals surface area contributed by atoms with Crippen molar-refractivity contribution in [2.75, 3.05) is 17.7 Å². The quantitative estimate of drug-likeness (QED) is 0.657. The molecule has 1 aliphatic carbocycles. The smallest absolute Gasteiger partial charge is 0.170 e. The van der Waals surface area contributed by atoms with Crippen LogP contribution in [-0.4, -0.2) is 34.0 Å². The van der Waals surface area contributed by atoms with Crippen LogP contribution in [0, 0.1) is 0 Å². The second-order valence-corrected chi connectivity index (χ2v) is 6.22. The van der Waals surface area contributed by atoms with Crippen molar-refractivity contribution >= 4 is 40.9 Å². The van der Waals surface area contributed by atoms with Crippen molar-refractivity contribution in [3.63, 3.8) is 0 Å². The van der Waals surface area contributed by atoms with Gasteiger partial charge < -0.3 is 15.4 Å². The van der Waals surface area contributed by atoms with Gasteiger partial charge in [0.2, 0.25) is 0 Å². The number of rotatable bonds is 6. The Labute approximate surface area is 149 Å². The topological polar surface area (TPSA) is 80.5 Å². The van der Waals surface area contributed by atoms with Crippen LogP contribution in [0.1, 0.15) is 23.2 Å². The van der Waals surface area contributed by atoms with Gasteiger partial charge >= 0.3 is 0 Å². The lowest BCUT2D eigenvalue weighted by Crippen LogP contribution is -2.09. The molecule has 7 nitrogen and oxygen atoms in total. The van der Waals surface area contributed by atoms with E-state index in [0.29, 0.717) is 39.5 Å². The van der Waals surface area contributed by atoms with Crippen LogP contribution in [0.25, 0.3) is 5.65 Å². The Morgan fingerprint density at radius 2 is 2.24 bits per heavy atom. The zero-order valence-corrected chi connectivity index (χ0v) is 14.2. The third-order valence-corrected chi connectivity index (χ3v) is 4.39. The number of nitrogens with one attached hydrogen (secondary N) is 2. The normalized spacial score (nSPS) is 13.7. The number of carbonyl (C=O) groups excluding carboxylic acids is 1. The standard InChI is InChI=1S/C17H16ClN5O2/c1-25-13-4-2-3-12(16(13)18)21-14-7-15(20-11-5-6-11)23-17(22-14)10(9-24)8-19-23/h2-4,7-9,11,20H,5-6H2,1H3,(H,21,22). The van der Waals surface area contributed by atoms with Gasteiger partial charge in [0.1, 0.15) is 22.4 Å².